The summed E-state index contributed by atoms with van der Waals surface area (Å²) in [5, 5.41) is 0. The highest BCUT2D eigenvalue weighted by Gasteiger charge is 2.52. The van der Waals surface area contributed by atoms with Gasteiger partial charge in [-0.2, -0.15) is 8.42 Å². The van der Waals surface area contributed by atoms with Crippen LogP contribution in [0.1, 0.15) is 43.6 Å². The fourth-order valence-electron chi connectivity index (χ4n) is 2.41. The first-order chi connectivity index (χ1) is 11.3. The lowest BCUT2D eigenvalue weighted by molar-refractivity contribution is 0.00578. The molecule has 138 valence electrons. The average molecular weight is 374 g/mol. The molecule has 0 aliphatic carbocycles. The second-order valence-electron chi connectivity index (χ2n) is 6.74. The highest BCUT2D eigenvalue weighted by molar-refractivity contribution is 7.81. The minimum Gasteiger partial charge on any atom is -0.465 e. The molecule has 1 fully saturated rings. The smallest absolute Gasteiger partial charge is 0.465 e. The summed E-state index contributed by atoms with van der Waals surface area (Å²) in [6.07, 6.45) is 0. The van der Waals surface area contributed by atoms with Crippen LogP contribution < -0.4 is 9.65 Å². The van der Waals surface area contributed by atoms with Gasteiger partial charge in [0.2, 0.25) is 0 Å². The van der Waals surface area contributed by atoms with Crippen molar-refractivity contribution in [2.24, 2.45) is 0 Å². The first kappa shape index (κ1) is 19.7. The molecule has 1 heterocycles. The number of rotatable bonds is 4. The Bertz CT molecular complexity index is 788. The van der Waals surface area contributed by atoms with Gasteiger partial charge < -0.3 is 18.2 Å². The summed E-state index contributed by atoms with van der Waals surface area (Å²) in [5.41, 5.74) is -0.487. The Labute approximate surface area is 147 Å². The molecule has 1 aromatic carbocycles. The number of carbonyl (C=O) groups is 1. The third-order valence-electron chi connectivity index (χ3n) is 4.53. The maximum atomic E-state index is 12.9. The summed E-state index contributed by atoms with van der Waals surface area (Å²) in [6.45, 7) is 9.00. The van der Waals surface area contributed by atoms with Crippen molar-refractivity contribution in [3.05, 3.63) is 23.3 Å². The summed E-state index contributed by atoms with van der Waals surface area (Å²) >= 11 is 0. The van der Waals surface area contributed by atoms with Gasteiger partial charge in [0.1, 0.15) is 5.75 Å². The Balaban J connectivity index is 2.57. The fourth-order valence-corrected chi connectivity index (χ4v) is 2.74. The molecule has 0 radical (unpaired) electrons. The van der Waals surface area contributed by atoms with Crippen LogP contribution in [0.2, 0.25) is 0 Å². The number of esters is 1. The van der Waals surface area contributed by atoms with Gasteiger partial charge in [0, 0.05) is 0 Å². The highest BCUT2D eigenvalue weighted by atomic mass is 32.3. The molecule has 1 saturated heterocycles. The lowest BCUT2D eigenvalue weighted by Gasteiger charge is -2.32. The number of benzene rings is 1. The molecule has 0 saturated carbocycles. The number of methoxy groups -OCH3 is 1. The van der Waals surface area contributed by atoms with Crippen LogP contribution in [0.3, 0.4) is 0 Å². The standard InChI is InChI=1S/C15H20BFO7S/c1-9-11(13(18)21-6)7-10(22-25(17,19)20)8-12(9)16-23-14(2,3)15(4,5)24-16/h7-8H,1-6H3. The molecule has 1 aliphatic rings. The molecule has 1 aromatic rings. The zero-order valence-corrected chi connectivity index (χ0v) is 15.7. The van der Waals surface area contributed by atoms with E-state index in [0.29, 0.717) is 11.0 Å². The lowest BCUT2D eigenvalue weighted by Crippen LogP contribution is -2.41. The van der Waals surface area contributed by atoms with Gasteiger partial charge in [0.25, 0.3) is 0 Å². The first-order valence-corrected chi connectivity index (χ1v) is 8.81. The van der Waals surface area contributed by atoms with Crippen molar-refractivity contribution in [3.8, 4) is 5.75 Å². The number of hydrogen-bond donors (Lipinski definition) is 0. The van der Waals surface area contributed by atoms with E-state index in [1.165, 1.54) is 13.2 Å². The van der Waals surface area contributed by atoms with Crippen LogP contribution in [0.4, 0.5) is 3.89 Å². The third-order valence-corrected chi connectivity index (χ3v) is 4.92. The van der Waals surface area contributed by atoms with E-state index in [4.69, 9.17) is 9.31 Å². The van der Waals surface area contributed by atoms with E-state index in [1.54, 1.807) is 6.92 Å². The molecule has 0 N–H and O–H groups in total. The van der Waals surface area contributed by atoms with Crippen LogP contribution in [0.25, 0.3) is 0 Å². The maximum Gasteiger partial charge on any atom is 0.495 e. The van der Waals surface area contributed by atoms with E-state index in [0.717, 1.165) is 6.07 Å². The van der Waals surface area contributed by atoms with E-state index < -0.39 is 34.8 Å². The van der Waals surface area contributed by atoms with Gasteiger partial charge in [-0.3, -0.25) is 0 Å². The molecule has 10 heteroatoms. The van der Waals surface area contributed by atoms with E-state index in [9.17, 15) is 17.1 Å². The van der Waals surface area contributed by atoms with Crippen molar-refractivity contribution >= 4 is 29.1 Å². The van der Waals surface area contributed by atoms with Gasteiger partial charge in [-0.05, 0) is 57.8 Å². The minimum absolute atomic E-state index is 0.0216. The molecule has 2 rings (SSSR count). The average Bonchev–Trinajstić information content (AvgIpc) is 2.66. The Morgan fingerprint density at radius 2 is 1.68 bits per heavy atom. The molecule has 7 nitrogen and oxygen atoms in total. The fraction of sp³-hybridized carbons (Fsp3) is 0.533. The Morgan fingerprint density at radius 1 is 1.16 bits per heavy atom. The molecule has 0 bridgehead atoms. The summed E-state index contributed by atoms with van der Waals surface area (Å²) < 4.78 is 55.3. The first-order valence-electron chi connectivity index (χ1n) is 7.50. The summed E-state index contributed by atoms with van der Waals surface area (Å²) in [4.78, 5) is 12.0. The molecular formula is C15H20BFO7S. The summed E-state index contributed by atoms with van der Waals surface area (Å²) in [7, 11) is -4.97. The quantitative estimate of drug-likeness (QED) is 0.450. The predicted octanol–water partition coefficient (Wildman–Crippen LogP) is 1.67. The van der Waals surface area contributed by atoms with E-state index in [1.807, 2.05) is 27.7 Å². The van der Waals surface area contributed by atoms with Crippen molar-refractivity contribution in [3.63, 3.8) is 0 Å². The lowest BCUT2D eigenvalue weighted by atomic mass is 9.75. The number of hydrogen-bond acceptors (Lipinski definition) is 7. The summed E-state index contributed by atoms with van der Waals surface area (Å²) in [5.74, 6) is -1.10. The van der Waals surface area contributed by atoms with Crippen molar-refractivity contribution in [1.29, 1.82) is 0 Å². The molecule has 0 unspecified atom stereocenters. The second kappa shape index (κ2) is 6.26. The topological polar surface area (TPSA) is 88.1 Å². The number of ether oxygens (including phenoxy) is 1. The van der Waals surface area contributed by atoms with E-state index in [2.05, 4.69) is 8.92 Å². The Hall–Kier alpha value is -1.65. The second-order valence-corrected chi connectivity index (χ2v) is 7.69. The zero-order valence-electron chi connectivity index (χ0n) is 14.9. The van der Waals surface area contributed by atoms with Gasteiger partial charge in [0.05, 0.1) is 23.9 Å². The van der Waals surface area contributed by atoms with Gasteiger partial charge >= 0.3 is 23.6 Å². The largest absolute Gasteiger partial charge is 0.495 e. The summed E-state index contributed by atoms with van der Waals surface area (Å²) in [6, 6.07) is 2.36. The van der Waals surface area contributed by atoms with Crippen LogP contribution in [0.15, 0.2) is 12.1 Å². The zero-order chi connectivity index (χ0) is 19.2. The van der Waals surface area contributed by atoms with Crippen molar-refractivity contribution in [2.75, 3.05) is 7.11 Å². The molecule has 0 aromatic heterocycles. The third kappa shape index (κ3) is 3.96. The van der Waals surface area contributed by atoms with E-state index in [-0.39, 0.29) is 11.3 Å². The van der Waals surface area contributed by atoms with Gasteiger partial charge in [-0.15, -0.1) is 0 Å². The maximum absolute atomic E-state index is 12.9. The van der Waals surface area contributed by atoms with Gasteiger partial charge in [0.15, 0.2) is 0 Å². The van der Waals surface area contributed by atoms with E-state index >= 15 is 0 Å². The Morgan fingerprint density at radius 3 is 2.12 bits per heavy atom. The van der Waals surface area contributed by atoms with Crippen LogP contribution in [-0.4, -0.2) is 39.8 Å². The van der Waals surface area contributed by atoms with Crippen LogP contribution >= 0.6 is 0 Å². The molecule has 0 atom stereocenters. The molecule has 1 aliphatic heterocycles. The normalized spacial score (nSPS) is 18.9. The van der Waals surface area contributed by atoms with Crippen LogP contribution in [-0.2, 0) is 24.5 Å². The minimum atomic E-state index is -5.26. The van der Waals surface area contributed by atoms with Gasteiger partial charge in [-0.25, -0.2) is 4.79 Å². The van der Waals surface area contributed by atoms with Crippen LogP contribution in [0.5, 0.6) is 5.75 Å². The molecular weight excluding hydrogens is 354 g/mol. The highest BCUT2D eigenvalue weighted by Crippen LogP contribution is 2.37. The van der Waals surface area contributed by atoms with Crippen molar-refractivity contribution < 1.29 is 35.3 Å². The number of halogens is 1. The van der Waals surface area contributed by atoms with Crippen molar-refractivity contribution in [2.45, 2.75) is 45.8 Å². The molecule has 0 spiro atoms. The molecule has 25 heavy (non-hydrogen) atoms. The monoisotopic (exact) mass is 374 g/mol. The van der Waals surface area contributed by atoms with Crippen molar-refractivity contribution in [1.82, 2.24) is 0 Å². The SMILES string of the molecule is COC(=O)c1cc(OS(=O)(=O)F)cc(B2OC(C)(C)C(C)(C)O2)c1C. The van der Waals surface area contributed by atoms with Crippen LogP contribution in [0, 0.1) is 6.92 Å². The number of carbonyl (C=O) groups excluding carboxylic acids is 1. The Kier molecular flexibility index (Phi) is 4.93. The predicted molar refractivity (Wildman–Crippen MR) is 88.9 cm³/mol. The van der Waals surface area contributed by atoms with Gasteiger partial charge in [-0.1, -0.05) is 3.89 Å². The molecule has 0 amide bonds.